The van der Waals surface area contributed by atoms with Gasteiger partial charge in [0.25, 0.3) is 5.56 Å². The molecule has 1 aromatic carbocycles. The van der Waals surface area contributed by atoms with Crippen molar-refractivity contribution in [2.45, 2.75) is 0 Å². The third kappa shape index (κ3) is 1.22. The third-order valence-corrected chi connectivity index (χ3v) is 1.77. The van der Waals surface area contributed by atoms with Gasteiger partial charge in [-0.1, -0.05) is 12.1 Å². The summed E-state index contributed by atoms with van der Waals surface area (Å²) in [6.45, 7) is 0. The second-order valence-corrected chi connectivity index (χ2v) is 2.62. The molecule has 2 rings (SSSR count). The Morgan fingerprint density at radius 2 is 2.00 bits per heavy atom. The summed E-state index contributed by atoms with van der Waals surface area (Å²) in [5.74, 6) is 0.0760. The van der Waals surface area contributed by atoms with Crippen molar-refractivity contribution in [3.63, 3.8) is 0 Å². The molecular weight excluding hydrogens is 168 g/mol. The first-order valence-electron chi connectivity index (χ1n) is 3.84. The molecule has 0 bridgehead atoms. The standard InChI is InChI=1S/C9H8N2O2/c12-8-4-2-1-3-7(8)11-9(13)5-6-10-11/h1-6,10,12H. The van der Waals surface area contributed by atoms with Gasteiger partial charge in [0.05, 0.1) is 0 Å². The van der Waals surface area contributed by atoms with Crippen LogP contribution >= 0.6 is 0 Å². The molecular formula is C9H8N2O2. The largest absolute Gasteiger partial charge is 0.506 e. The molecule has 0 unspecified atom stereocenters. The highest BCUT2D eigenvalue weighted by atomic mass is 16.3. The van der Waals surface area contributed by atoms with Gasteiger partial charge in [-0.3, -0.25) is 9.89 Å². The van der Waals surface area contributed by atoms with Gasteiger partial charge in [0.2, 0.25) is 0 Å². The van der Waals surface area contributed by atoms with Crippen molar-refractivity contribution < 1.29 is 5.11 Å². The molecule has 1 heterocycles. The lowest BCUT2D eigenvalue weighted by Gasteiger charge is -2.02. The number of aromatic hydroxyl groups is 1. The minimum Gasteiger partial charge on any atom is -0.506 e. The van der Waals surface area contributed by atoms with Crippen molar-refractivity contribution in [3.8, 4) is 11.4 Å². The number of benzene rings is 1. The number of nitrogens with zero attached hydrogens (tertiary/aromatic N) is 1. The molecule has 4 heteroatoms. The summed E-state index contributed by atoms with van der Waals surface area (Å²) in [5.41, 5.74) is 0.263. The first-order valence-corrected chi connectivity index (χ1v) is 3.84. The lowest BCUT2D eigenvalue weighted by Crippen LogP contribution is -2.13. The van der Waals surface area contributed by atoms with Crippen molar-refractivity contribution in [3.05, 3.63) is 46.9 Å². The van der Waals surface area contributed by atoms with E-state index in [1.807, 2.05) is 0 Å². The van der Waals surface area contributed by atoms with Gasteiger partial charge in [-0.05, 0) is 12.1 Å². The molecule has 0 radical (unpaired) electrons. The van der Waals surface area contributed by atoms with Crippen LogP contribution < -0.4 is 5.56 Å². The number of aromatic amines is 1. The Labute approximate surface area is 74.1 Å². The van der Waals surface area contributed by atoms with Gasteiger partial charge in [0.1, 0.15) is 11.4 Å². The number of H-pyrrole nitrogens is 1. The molecule has 0 atom stereocenters. The molecule has 0 saturated carbocycles. The zero-order valence-electron chi connectivity index (χ0n) is 6.77. The Balaban J connectivity index is 2.66. The topological polar surface area (TPSA) is 58.0 Å². The number of nitrogens with one attached hydrogen (secondary N) is 1. The molecule has 0 aliphatic heterocycles. The summed E-state index contributed by atoms with van der Waals surface area (Å²) in [6, 6.07) is 8.04. The molecule has 66 valence electrons. The summed E-state index contributed by atoms with van der Waals surface area (Å²) < 4.78 is 1.27. The summed E-state index contributed by atoms with van der Waals surface area (Å²) in [5, 5.41) is 12.1. The Hall–Kier alpha value is -1.97. The van der Waals surface area contributed by atoms with Crippen LogP contribution in [0.2, 0.25) is 0 Å². The number of phenolic OH excluding ortho intramolecular Hbond substituents is 1. The monoisotopic (exact) mass is 176 g/mol. The molecule has 1 aromatic heterocycles. The van der Waals surface area contributed by atoms with Crippen molar-refractivity contribution >= 4 is 0 Å². The molecule has 4 nitrogen and oxygen atoms in total. The van der Waals surface area contributed by atoms with E-state index >= 15 is 0 Å². The molecule has 2 aromatic rings. The summed E-state index contributed by atoms with van der Waals surface area (Å²) >= 11 is 0. The Bertz CT molecular complexity index is 470. The minimum atomic E-state index is -0.193. The average Bonchev–Trinajstić information content (AvgIpc) is 2.52. The van der Waals surface area contributed by atoms with Crippen molar-refractivity contribution in [1.82, 2.24) is 9.78 Å². The van der Waals surface area contributed by atoms with Gasteiger partial charge in [0.15, 0.2) is 0 Å². The van der Waals surface area contributed by atoms with E-state index in [-0.39, 0.29) is 11.3 Å². The van der Waals surface area contributed by atoms with Gasteiger partial charge in [0, 0.05) is 12.3 Å². The van der Waals surface area contributed by atoms with E-state index in [0.717, 1.165) is 0 Å². The van der Waals surface area contributed by atoms with Crippen LogP contribution in [-0.2, 0) is 0 Å². The highest BCUT2D eigenvalue weighted by Gasteiger charge is 2.03. The predicted molar refractivity (Wildman–Crippen MR) is 48.1 cm³/mol. The first kappa shape index (κ1) is 7.67. The SMILES string of the molecule is O=c1cc[nH]n1-c1ccccc1O. The van der Waals surface area contributed by atoms with Crippen LogP contribution in [0.3, 0.4) is 0 Å². The van der Waals surface area contributed by atoms with Crippen LogP contribution in [0.5, 0.6) is 5.75 Å². The highest BCUT2D eigenvalue weighted by Crippen LogP contribution is 2.17. The number of rotatable bonds is 1. The van der Waals surface area contributed by atoms with E-state index in [1.54, 1.807) is 18.2 Å². The van der Waals surface area contributed by atoms with Gasteiger partial charge >= 0.3 is 0 Å². The van der Waals surface area contributed by atoms with Crippen molar-refractivity contribution in [2.75, 3.05) is 0 Å². The summed E-state index contributed by atoms with van der Waals surface area (Å²) in [7, 11) is 0. The Morgan fingerprint density at radius 3 is 2.62 bits per heavy atom. The summed E-state index contributed by atoms with van der Waals surface area (Å²) in [4.78, 5) is 11.2. The number of aromatic nitrogens is 2. The zero-order chi connectivity index (χ0) is 9.26. The summed E-state index contributed by atoms with van der Waals surface area (Å²) in [6.07, 6.45) is 1.52. The number of para-hydroxylation sites is 2. The molecule has 0 amide bonds. The molecule has 0 fully saturated rings. The van der Waals surface area contributed by atoms with E-state index in [2.05, 4.69) is 5.10 Å². The van der Waals surface area contributed by atoms with Crippen LogP contribution in [0, 0.1) is 0 Å². The molecule has 0 saturated heterocycles. The maximum Gasteiger partial charge on any atom is 0.271 e. The molecule has 0 spiro atoms. The molecule has 0 aliphatic carbocycles. The lowest BCUT2D eigenvalue weighted by molar-refractivity contribution is 0.470. The predicted octanol–water partition coefficient (Wildman–Crippen LogP) is 0.871. The average molecular weight is 176 g/mol. The fourth-order valence-electron chi connectivity index (χ4n) is 1.16. The zero-order valence-corrected chi connectivity index (χ0v) is 6.77. The second kappa shape index (κ2) is 2.82. The van der Waals surface area contributed by atoms with E-state index in [1.165, 1.54) is 23.0 Å². The van der Waals surface area contributed by atoms with Crippen LogP contribution in [0.15, 0.2) is 41.3 Å². The van der Waals surface area contributed by atoms with Gasteiger partial charge < -0.3 is 5.11 Å². The minimum absolute atomic E-state index is 0.0760. The Kier molecular flexibility index (Phi) is 1.66. The molecule has 0 aliphatic rings. The van der Waals surface area contributed by atoms with Crippen LogP contribution in [-0.4, -0.2) is 14.9 Å². The lowest BCUT2D eigenvalue weighted by atomic mass is 10.3. The maximum absolute atomic E-state index is 11.2. The van der Waals surface area contributed by atoms with Crippen LogP contribution in [0.4, 0.5) is 0 Å². The van der Waals surface area contributed by atoms with Gasteiger partial charge in [-0.25, -0.2) is 4.68 Å². The number of hydrogen-bond acceptors (Lipinski definition) is 2. The van der Waals surface area contributed by atoms with Crippen LogP contribution in [0.25, 0.3) is 5.69 Å². The third-order valence-electron chi connectivity index (χ3n) is 1.77. The molecule has 2 N–H and O–H groups in total. The number of hydrogen-bond donors (Lipinski definition) is 2. The first-order chi connectivity index (χ1) is 6.29. The fourth-order valence-corrected chi connectivity index (χ4v) is 1.16. The number of phenols is 1. The van der Waals surface area contributed by atoms with Crippen molar-refractivity contribution in [1.29, 1.82) is 0 Å². The van der Waals surface area contributed by atoms with E-state index in [9.17, 15) is 9.90 Å². The van der Waals surface area contributed by atoms with E-state index in [4.69, 9.17) is 0 Å². The van der Waals surface area contributed by atoms with Gasteiger partial charge in [-0.15, -0.1) is 0 Å². The van der Waals surface area contributed by atoms with E-state index in [0.29, 0.717) is 5.69 Å². The van der Waals surface area contributed by atoms with Crippen molar-refractivity contribution in [2.24, 2.45) is 0 Å². The van der Waals surface area contributed by atoms with E-state index < -0.39 is 0 Å². The molecule has 13 heavy (non-hydrogen) atoms. The second-order valence-electron chi connectivity index (χ2n) is 2.62. The smallest absolute Gasteiger partial charge is 0.271 e. The Morgan fingerprint density at radius 1 is 1.23 bits per heavy atom. The fraction of sp³-hybridized carbons (Fsp3) is 0. The maximum atomic E-state index is 11.2. The van der Waals surface area contributed by atoms with Gasteiger partial charge in [-0.2, -0.15) is 0 Å². The van der Waals surface area contributed by atoms with Crippen LogP contribution in [0.1, 0.15) is 0 Å². The quantitative estimate of drug-likeness (QED) is 0.677. The normalized spacial score (nSPS) is 10.2. The highest BCUT2D eigenvalue weighted by molar-refractivity contribution is 5.44.